The van der Waals surface area contributed by atoms with Crippen LogP contribution in [0, 0.1) is 6.92 Å². The van der Waals surface area contributed by atoms with Crippen molar-refractivity contribution < 1.29 is 9.53 Å². The van der Waals surface area contributed by atoms with Crippen molar-refractivity contribution in [3.63, 3.8) is 0 Å². The topological polar surface area (TPSA) is 26.3 Å². The molecule has 1 unspecified atom stereocenters. The molecule has 1 aliphatic heterocycles. The van der Waals surface area contributed by atoms with Crippen molar-refractivity contribution in [3.05, 3.63) is 29.3 Å². The third kappa shape index (κ3) is 1.42. The van der Waals surface area contributed by atoms with Crippen LogP contribution in [0.4, 0.5) is 0 Å². The first-order valence-electron chi connectivity index (χ1n) is 4.13. The minimum Gasteiger partial charge on any atom is -0.480 e. The number of carbonyl (C=O) groups is 1. The number of hydrogen-bond acceptors (Lipinski definition) is 2. The fourth-order valence-electron chi connectivity index (χ4n) is 1.55. The molecule has 1 aromatic carbocycles. The van der Waals surface area contributed by atoms with Crippen LogP contribution in [0.25, 0.3) is 0 Å². The maximum Gasteiger partial charge on any atom is 0.262 e. The summed E-state index contributed by atoms with van der Waals surface area (Å²) in [6.45, 7) is 1.96. The van der Waals surface area contributed by atoms with Crippen LogP contribution in [0.2, 0.25) is 0 Å². The van der Waals surface area contributed by atoms with E-state index >= 15 is 0 Å². The SMILES string of the molecule is Cc1cccc2c1OC(C(=O)Cl)C2. The maximum atomic E-state index is 10.9. The number of rotatable bonds is 1. The van der Waals surface area contributed by atoms with E-state index in [0.29, 0.717) is 6.42 Å². The van der Waals surface area contributed by atoms with E-state index in [9.17, 15) is 4.79 Å². The smallest absolute Gasteiger partial charge is 0.262 e. The van der Waals surface area contributed by atoms with Crippen LogP contribution in [0.1, 0.15) is 11.1 Å². The molecule has 0 fully saturated rings. The predicted octanol–water partition coefficient (Wildman–Crippen LogP) is 2.06. The Morgan fingerprint density at radius 3 is 3.00 bits per heavy atom. The average molecular weight is 197 g/mol. The third-order valence-corrected chi connectivity index (χ3v) is 2.46. The summed E-state index contributed by atoms with van der Waals surface area (Å²) >= 11 is 5.36. The summed E-state index contributed by atoms with van der Waals surface area (Å²) in [7, 11) is 0. The molecular weight excluding hydrogens is 188 g/mol. The van der Waals surface area contributed by atoms with Crippen molar-refractivity contribution in [3.8, 4) is 5.75 Å². The average Bonchev–Trinajstić information content (AvgIpc) is 2.49. The second-order valence-corrected chi connectivity index (χ2v) is 3.55. The molecule has 0 amide bonds. The standard InChI is InChI=1S/C10H9ClO2/c1-6-3-2-4-7-5-8(10(11)12)13-9(6)7/h2-4,8H,5H2,1H3. The molecule has 1 heterocycles. The van der Waals surface area contributed by atoms with Crippen LogP contribution < -0.4 is 4.74 Å². The van der Waals surface area contributed by atoms with Crippen molar-refractivity contribution in [2.75, 3.05) is 0 Å². The fourth-order valence-corrected chi connectivity index (χ4v) is 1.67. The Morgan fingerprint density at radius 1 is 1.62 bits per heavy atom. The van der Waals surface area contributed by atoms with E-state index < -0.39 is 11.3 Å². The van der Waals surface area contributed by atoms with Crippen molar-refractivity contribution >= 4 is 16.8 Å². The molecule has 1 atom stereocenters. The van der Waals surface area contributed by atoms with Crippen LogP contribution in [0.15, 0.2) is 18.2 Å². The second kappa shape index (κ2) is 3.04. The number of para-hydroxylation sites is 1. The third-order valence-electron chi connectivity index (χ3n) is 2.21. The Hall–Kier alpha value is -1.02. The molecule has 13 heavy (non-hydrogen) atoms. The molecule has 2 nitrogen and oxygen atoms in total. The quantitative estimate of drug-likeness (QED) is 0.643. The highest BCUT2D eigenvalue weighted by atomic mass is 35.5. The van der Waals surface area contributed by atoms with Crippen LogP contribution in [-0.4, -0.2) is 11.3 Å². The van der Waals surface area contributed by atoms with Gasteiger partial charge in [0.15, 0.2) is 6.10 Å². The minimum atomic E-state index is -0.488. The molecule has 3 heteroatoms. The lowest BCUT2D eigenvalue weighted by Crippen LogP contribution is -2.20. The normalized spacial score (nSPS) is 19.4. The predicted molar refractivity (Wildman–Crippen MR) is 50.2 cm³/mol. The number of benzene rings is 1. The van der Waals surface area contributed by atoms with E-state index in [4.69, 9.17) is 16.3 Å². The molecule has 1 aliphatic rings. The second-order valence-electron chi connectivity index (χ2n) is 3.18. The summed E-state index contributed by atoms with van der Waals surface area (Å²) in [4.78, 5) is 10.9. The monoisotopic (exact) mass is 196 g/mol. The van der Waals surface area contributed by atoms with Crippen molar-refractivity contribution in [2.45, 2.75) is 19.4 Å². The van der Waals surface area contributed by atoms with E-state index in [0.717, 1.165) is 16.9 Å². The zero-order valence-corrected chi connectivity index (χ0v) is 7.97. The number of halogens is 1. The van der Waals surface area contributed by atoms with E-state index in [2.05, 4.69) is 0 Å². The van der Waals surface area contributed by atoms with Gasteiger partial charge in [0, 0.05) is 6.42 Å². The van der Waals surface area contributed by atoms with Gasteiger partial charge in [0.1, 0.15) is 5.75 Å². The first-order chi connectivity index (χ1) is 6.18. The van der Waals surface area contributed by atoms with Gasteiger partial charge in [-0.1, -0.05) is 18.2 Å². The lowest BCUT2D eigenvalue weighted by atomic mass is 10.1. The number of hydrogen-bond donors (Lipinski definition) is 0. The molecule has 0 bridgehead atoms. The summed E-state index contributed by atoms with van der Waals surface area (Å²) in [5.74, 6) is 0.821. The summed E-state index contributed by atoms with van der Waals surface area (Å²) in [5, 5.41) is -0.421. The van der Waals surface area contributed by atoms with Gasteiger partial charge in [-0.2, -0.15) is 0 Å². The molecule has 0 aliphatic carbocycles. The lowest BCUT2D eigenvalue weighted by molar-refractivity contribution is -0.117. The first kappa shape index (κ1) is 8.57. The van der Waals surface area contributed by atoms with Gasteiger partial charge in [0.25, 0.3) is 5.24 Å². The van der Waals surface area contributed by atoms with E-state index in [-0.39, 0.29) is 0 Å². The fraction of sp³-hybridized carbons (Fsp3) is 0.300. The highest BCUT2D eigenvalue weighted by Crippen LogP contribution is 2.32. The Morgan fingerprint density at radius 2 is 2.38 bits per heavy atom. The van der Waals surface area contributed by atoms with Crippen molar-refractivity contribution in [2.24, 2.45) is 0 Å². The van der Waals surface area contributed by atoms with E-state index in [1.54, 1.807) is 0 Å². The zero-order chi connectivity index (χ0) is 9.42. The Kier molecular flexibility index (Phi) is 2.00. The van der Waals surface area contributed by atoms with E-state index in [1.807, 2.05) is 25.1 Å². The van der Waals surface area contributed by atoms with Crippen molar-refractivity contribution in [1.82, 2.24) is 0 Å². The van der Waals surface area contributed by atoms with Crippen LogP contribution in [0.3, 0.4) is 0 Å². The Labute approximate surface area is 81.5 Å². The lowest BCUT2D eigenvalue weighted by Gasteiger charge is -2.05. The van der Waals surface area contributed by atoms with Gasteiger partial charge in [-0.3, -0.25) is 4.79 Å². The van der Waals surface area contributed by atoms with Crippen LogP contribution in [0.5, 0.6) is 5.75 Å². The van der Waals surface area contributed by atoms with Gasteiger partial charge >= 0.3 is 0 Å². The highest BCUT2D eigenvalue weighted by Gasteiger charge is 2.28. The van der Waals surface area contributed by atoms with E-state index in [1.165, 1.54) is 0 Å². The molecule has 0 saturated heterocycles. The van der Waals surface area contributed by atoms with Crippen molar-refractivity contribution in [1.29, 1.82) is 0 Å². The highest BCUT2D eigenvalue weighted by molar-refractivity contribution is 6.64. The summed E-state index contributed by atoms with van der Waals surface area (Å²) in [5.41, 5.74) is 2.12. The molecule has 0 aromatic heterocycles. The number of carbonyl (C=O) groups excluding carboxylic acids is 1. The Balaban J connectivity index is 2.35. The molecule has 2 rings (SSSR count). The van der Waals surface area contributed by atoms with Crippen LogP contribution in [-0.2, 0) is 11.2 Å². The maximum absolute atomic E-state index is 10.9. The summed E-state index contributed by atoms with van der Waals surface area (Å²) in [6.07, 6.45) is 0.108. The summed E-state index contributed by atoms with van der Waals surface area (Å²) in [6, 6.07) is 5.88. The number of aryl methyl sites for hydroxylation is 1. The molecule has 0 N–H and O–H groups in total. The molecule has 68 valence electrons. The van der Waals surface area contributed by atoms with Gasteiger partial charge in [0.05, 0.1) is 0 Å². The van der Waals surface area contributed by atoms with Gasteiger partial charge in [-0.15, -0.1) is 0 Å². The Bertz CT molecular complexity index is 360. The zero-order valence-electron chi connectivity index (χ0n) is 7.21. The van der Waals surface area contributed by atoms with Crippen LogP contribution >= 0.6 is 11.6 Å². The van der Waals surface area contributed by atoms with Gasteiger partial charge < -0.3 is 4.74 Å². The number of ether oxygens (including phenoxy) is 1. The van der Waals surface area contributed by atoms with Gasteiger partial charge in [-0.05, 0) is 29.7 Å². The van der Waals surface area contributed by atoms with Gasteiger partial charge in [0.2, 0.25) is 0 Å². The molecular formula is C10H9ClO2. The molecule has 0 radical (unpaired) electrons. The molecule has 1 aromatic rings. The number of fused-ring (bicyclic) bond motifs is 1. The molecule has 0 spiro atoms. The minimum absolute atomic E-state index is 0.421. The van der Waals surface area contributed by atoms with Gasteiger partial charge in [-0.25, -0.2) is 0 Å². The largest absolute Gasteiger partial charge is 0.480 e. The summed E-state index contributed by atoms with van der Waals surface area (Å²) < 4.78 is 5.42. The first-order valence-corrected chi connectivity index (χ1v) is 4.51. The molecule has 0 saturated carbocycles.